The molecule has 7 nitrogen and oxygen atoms in total. The maximum Gasteiger partial charge on any atom is 0.350 e. The van der Waals surface area contributed by atoms with E-state index >= 15 is 0 Å². The van der Waals surface area contributed by atoms with Crippen molar-refractivity contribution in [3.63, 3.8) is 0 Å². The Balaban J connectivity index is 1.74. The first kappa shape index (κ1) is 17.1. The minimum Gasteiger partial charge on any atom is -0.486 e. The Bertz CT molecular complexity index is 1080. The molecule has 0 bridgehead atoms. The third-order valence-electron chi connectivity index (χ3n) is 4.68. The normalized spacial score (nSPS) is 16.0. The molecule has 2 aromatic carbocycles. The molecule has 0 unspecified atom stereocenters. The van der Waals surface area contributed by atoms with E-state index in [9.17, 15) is 9.59 Å². The summed E-state index contributed by atoms with van der Waals surface area (Å²) in [6, 6.07) is 12.8. The molecule has 0 aliphatic carbocycles. The van der Waals surface area contributed by atoms with Crippen LogP contribution in [-0.2, 0) is 7.05 Å². The molecule has 1 aromatic heterocycles. The Morgan fingerprint density at radius 2 is 2.00 bits per heavy atom. The monoisotopic (exact) mass is 364 g/mol. The smallest absolute Gasteiger partial charge is 0.350 e. The first-order valence-corrected chi connectivity index (χ1v) is 8.75. The van der Waals surface area contributed by atoms with Crippen LogP contribution < -0.4 is 15.3 Å². The Hall–Kier alpha value is -3.35. The van der Waals surface area contributed by atoms with E-state index in [1.807, 2.05) is 32.0 Å². The van der Waals surface area contributed by atoms with E-state index in [1.54, 1.807) is 36.2 Å². The van der Waals surface area contributed by atoms with Gasteiger partial charge in [-0.3, -0.25) is 4.79 Å². The second kappa shape index (κ2) is 6.42. The number of amides is 1. The number of hydrogen-bond acceptors (Lipinski definition) is 4. The summed E-state index contributed by atoms with van der Waals surface area (Å²) in [5.74, 6) is 0.611. The number of para-hydroxylation sites is 1. The lowest BCUT2D eigenvalue weighted by Crippen LogP contribution is -2.42. The fourth-order valence-corrected chi connectivity index (χ4v) is 3.29. The SMILES string of the molecule is Cc1cccc2c1O[C@@H](C)CN2C(=O)c1cccc(-n2cnn(C)c2=O)c1. The van der Waals surface area contributed by atoms with E-state index in [0.29, 0.717) is 17.8 Å². The number of rotatable bonds is 2. The number of aromatic nitrogens is 3. The highest BCUT2D eigenvalue weighted by Crippen LogP contribution is 2.37. The molecule has 1 aliphatic heterocycles. The number of anilines is 1. The van der Waals surface area contributed by atoms with Gasteiger partial charge in [0.05, 0.1) is 17.9 Å². The van der Waals surface area contributed by atoms with Crippen molar-refractivity contribution < 1.29 is 9.53 Å². The van der Waals surface area contributed by atoms with Crippen molar-refractivity contribution >= 4 is 11.6 Å². The molecule has 2 heterocycles. The van der Waals surface area contributed by atoms with Crippen molar-refractivity contribution in [3.05, 3.63) is 70.4 Å². The lowest BCUT2D eigenvalue weighted by molar-refractivity contribution is 0.0961. The summed E-state index contributed by atoms with van der Waals surface area (Å²) < 4.78 is 8.60. The summed E-state index contributed by atoms with van der Waals surface area (Å²) in [4.78, 5) is 27.1. The molecule has 0 N–H and O–H groups in total. The van der Waals surface area contributed by atoms with Crippen molar-refractivity contribution in [2.75, 3.05) is 11.4 Å². The third-order valence-corrected chi connectivity index (χ3v) is 4.68. The molecule has 1 atom stereocenters. The van der Waals surface area contributed by atoms with Crippen LogP contribution in [0.3, 0.4) is 0 Å². The summed E-state index contributed by atoms with van der Waals surface area (Å²) in [6.07, 6.45) is 1.34. The van der Waals surface area contributed by atoms with Crippen LogP contribution in [0.5, 0.6) is 5.75 Å². The van der Waals surface area contributed by atoms with Crippen LogP contribution >= 0.6 is 0 Å². The lowest BCUT2D eigenvalue weighted by Gasteiger charge is -2.34. The van der Waals surface area contributed by atoms with Gasteiger partial charge in [-0.2, -0.15) is 5.10 Å². The van der Waals surface area contributed by atoms with Gasteiger partial charge in [-0.25, -0.2) is 14.0 Å². The number of fused-ring (bicyclic) bond motifs is 1. The number of nitrogens with zero attached hydrogens (tertiary/aromatic N) is 4. The topological polar surface area (TPSA) is 69.4 Å². The van der Waals surface area contributed by atoms with Crippen LogP contribution in [-0.4, -0.2) is 32.9 Å². The van der Waals surface area contributed by atoms with Crippen LogP contribution in [0.15, 0.2) is 53.6 Å². The first-order valence-electron chi connectivity index (χ1n) is 8.75. The maximum absolute atomic E-state index is 13.3. The minimum atomic E-state index is -0.263. The molecule has 0 spiro atoms. The number of hydrogen-bond donors (Lipinski definition) is 0. The van der Waals surface area contributed by atoms with Gasteiger partial charge >= 0.3 is 5.69 Å². The zero-order valence-electron chi connectivity index (χ0n) is 15.4. The average Bonchev–Trinajstić information content (AvgIpc) is 3.00. The molecule has 138 valence electrons. The zero-order valence-corrected chi connectivity index (χ0v) is 15.4. The molecule has 7 heteroatoms. The minimum absolute atomic E-state index is 0.105. The van der Waals surface area contributed by atoms with Gasteiger partial charge in [-0.15, -0.1) is 0 Å². The Morgan fingerprint density at radius 1 is 1.22 bits per heavy atom. The Morgan fingerprint density at radius 3 is 2.74 bits per heavy atom. The van der Waals surface area contributed by atoms with Gasteiger partial charge in [-0.05, 0) is 43.7 Å². The molecule has 0 radical (unpaired) electrons. The molecule has 4 rings (SSSR count). The van der Waals surface area contributed by atoms with Crippen LogP contribution in [0.1, 0.15) is 22.8 Å². The summed E-state index contributed by atoms with van der Waals surface area (Å²) in [5, 5.41) is 3.96. The summed E-state index contributed by atoms with van der Waals surface area (Å²) >= 11 is 0. The number of ether oxygens (including phenoxy) is 1. The number of aryl methyl sites for hydroxylation is 2. The highest BCUT2D eigenvalue weighted by molar-refractivity contribution is 6.07. The van der Waals surface area contributed by atoms with E-state index in [1.165, 1.54) is 15.6 Å². The van der Waals surface area contributed by atoms with Crippen molar-refractivity contribution in [1.29, 1.82) is 0 Å². The third kappa shape index (κ3) is 2.91. The standard InChI is InChI=1S/C20H20N4O3/c1-13-6-4-9-17-18(13)27-14(2)11-23(17)19(25)15-7-5-8-16(10-15)24-12-21-22(3)20(24)26/h4-10,12,14H,11H2,1-3H3/t14-/m0/s1. The van der Waals surface area contributed by atoms with Crippen molar-refractivity contribution in [1.82, 2.24) is 14.3 Å². The fourth-order valence-electron chi connectivity index (χ4n) is 3.29. The average molecular weight is 364 g/mol. The van der Waals surface area contributed by atoms with E-state index in [4.69, 9.17) is 4.74 Å². The molecular weight excluding hydrogens is 344 g/mol. The molecule has 1 amide bonds. The van der Waals surface area contributed by atoms with Crippen LogP contribution in [0.25, 0.3) is 5.69 Å². The molecule has 0 saturated heterocycles. The highest BCUT2D eigenvalue weighted by Gasteiger charge is 2.29. The van der Waals surface area contributed by atoms with Crippen molar-refractivity contribution in [2.45, 2.75) is 20.0 Å². The van der Waals surface area contributed by atoms with E-state index in [0.717, 1.165) is 17.0 Å². The zero-order chi connectivity index (χ0) is 19.1. The van der Waals surface area contributed by atoms with Gasteiger partial charge in [0, 0.05) is 12.6 Å². The first-order chi connectivity index (χ1) is 13.0. The predicted octanol–water partition coefficient (Wildman–Crippen LogP) is 2.31. The molecule has 0 fully saturated rings. The second-order valence-corrected chi connectivity index (χ2v) is 6.72. The fraction of sp³-hybridized carbons (Fsp3) is 0.250. The van der Waals surface area contributed by atoms with Gasteiger partial charge in [0.25, 0.3) is 5.91 Å². The van der Waals surface area contributed by atoms with Gasteiger partial charge in [0.15, 0.2) is 0 Å². The largest absolute Gasteiger partial charge is 0.486 e. The molecule has 3 aromatic rings. The summed E-state index contributed by atoms with van der Waals surface area (Å²) in [6.45, 7) is 4.38. The predicted molar refractivity (Wildman–Crippen MR) is 102 cm³/mol. The molecular formula is C20H20N4O3. The number of benzene rings is 2. The van der Waals surface area contributed by atoms with Crippen LogP contribution in [0.2, 0.25) is 0 Å². The van der Waals surface area contributed by atoms with Crippen molar-refractivity contribution in [3.8, 4) is 11.4 Å². The Labute approximate surface area is 156 Å². The molecule has 1 aliphatic rings. The van der Waals surface area contributed by atoms with Gasteiger partial charge in [0.2, 0.25) is 0 Å². The van der Waals surface area contributed by atoms with E-state index in [2.05, 4.69) is 5.10 Å². The summed E-state index contributed by atoms with van der Waals surface area (Å²) in [5.41, 5.74) is 2.60. The van der Waals surface area contributed by atoms with Crippen LogP contribution in [0, 0.1) is 6.92 Å². The van der Waals surface area contributed by atoms with Crippen molar-refractivity contribution in [2.24, 2.45) is 7.05 Å². The van der Waals surface area contributed by atoms with Gasteiger partial charge in [-0.1, -0.05) is 18.2 Å². The second-order valence-electron chi connectivity index (χ2n) is 6.72. The molecule has 0 saturated carbocycles. The quantitative estimate of drug-likeness (QED) is 0.700. The molecule has 27 heavy (non-hydrogen) atoms. The maximum atomic E-state index is 13.3. The number of carbonyl (C=O) groups excluding carboxylic acids is 1. The Kier molecular flexibility index (Phi) is 4.07. The van der Waals surface area contributed by atoms with Gasteiger partial charge < -0.3 is 9.64 Å². The van der Waals surface area contributed by atoms with Gasteiger partial charge in [0.1, 0.15) is 18.2 Å². The number of carbonyl (C=O) groups is 1. The lowest BCUT2D eigenvalue weighted by atomic mass is 10.1. The van der Waals surface area contributed by atoms with E-state index in [-0.39, 0.29) is 17.7 Å². The van der Waals surface area contributed by atoms with E-state index < -0.39 is 0 Å². The summed E-state index contributed by atoms with van der Waals surface area (Å²) in [7, 11) is 1.59. The highest BCUT2D eigenvalue weighted by atomic mass is 16.5. The van der Waals surface area contributed by atoms with Crippen LogP contribution in [0.4, 0.5) is 5.69 Å².